The molecule has 0 atom stereocenters. The molecular formula is C16H17NS2. The molecule has 2 aromatic rings. The average molecular weight is 287 g/mol. The van der Waals surface area contributed by atoms with Gasteiger partial charge in [-0.1, -0.05) is 54.3 Å². The number of hydrogen-bond donors (Lipinski definition) is 1. The molecule has 0 radical (unpaired) electrons. The zero-order valence-corrected chi connectivity index (χ0v) is 13.0. The van der Waals surface area contributed by atoms with Gasteiger partial charge in [0.05, 0.1) is 5.03 Å². The molecule has 0 bridgehead atoms. The summed E-state index contributed by atoms with van der Waals surface area (Å²) in [5, 5.41) is 6.86. The second-order valence-corrected chi connectivity index (χ2v) is 6.11. The summed E-state index contributed by atoms with van der Waals surface area (Å²) < 4.78 is 0. The van der Waals surface area contributed by atoms with E-state index in [2.05, 4.69) is 48.6 Å². The third-order valence-electron chi connectivity index (χ3n) is 2.95. The first kappa shape index (κ1) is 14.1. The second-order valence-electron chi connectivity index (χ2n) is 4.38. The van der Waals surface area contributed by atoms with Crippen molar-refractivity contribution in [1.82, 2.24) is 5.32 Å². The van der Waals surface area contributed by atoms with E-state index in [-0.39, 0.29) is 0 Å². The van der Waals surface area contributed by atoms with Crippen molar-refractivity contribution in [2.45, 2.75) is 18.7 Å². The van der Waals surface area contributed by atoms with Gasteiger partial charge in [-0.2, -0.15) is 0 Å². The Hall–Kier alpha value is -1.32. The van der Waals surface area contributed by atoms with E-state index in [4.69, 9.17) is 12.2 Å². The lowest BCUT2D eigenvalue weighted by Crippen LogP contribution is -2.04. The van der Waals surface area contributed by atoms with Crippen molar-refractivity contribution in [2.75, 3.05) is 7.05 Å². The molecule has 0 spiro atoms. The summed E-state index contributed by atoms with van der Waals surface area (Å²) in [6, 6.07) is 12.8. The van der Waals surface area contributed by atoms with E-state index in [9.17, 15) is 0 Å². The summed E-state index contributed by atoms with van der Waals surface area (Å²) >= 11 is 6.86. The molecule has 0 aliphatic rings. The molecule has 98 valence electrons. The van der Waals surface area contributed by atoms with Crippen molar-refractivity contribution in [2.24, 2.45) is 0 Å². The minimum Gasteiger partial charge on any atom is -0.383 e. The molecule has 0 aliphatic carbocycles. The van der Waals surface area contributed by atoms with Gasteiger partial charge in [0.15, 0.2) is 0 Å². The van der Waals surface area contributed by atoms with E-state index in [0.29, 0.717) is 0 Å². The minimum atomic E-state index is 0.885. The predicted octanol–water partition coefficient (Wildman–Crippen LogP) is 4.69. The fourth-order valence-corrected chi connectivity index (χ4v) is 3.14. The van der Waals surface area contributed by atoms with Crippen LogP contribution in [0, 0.1) is 6.92 Å². The molecule has 0 saturated carbocycles. The van der Waals surface area contributed by atoms with Gasteiger partial charge in [0.1, 0.15) is 0 Å². The highest BCUT2D eigenvalue weighted by Crippen LogP contribution is 2.32. The molecule has 2 aromatic carbocycles. The van der Waals surface area contributed by atoms with E-state index in [1.165, 1.54) is 21.2 Å². The first-order valence-corrected chi connectivity index (χ1v) is 7.40. The van der Waals surface area contributed by atoms with Gasteiger partial charge < -0.3 is 5.32 Å². The Bertz CT molecular complexity index is 644. The molecule has 0 aromatic heterocycles. The van der Waals surface area contributed by atoms with E-state index in [1.54, 1.807) is 11.8 Å². The summed E-state index contributed by atoms with van der Waals surface area (Å²) in [7, 11) is 1.92. The number of fused-ring (bicyclic) bond motifs is 1. The van der Waals surface area contributed by atoms with Gasteiger partial charge in [0.25, 0.3) is 0 Å². The van der Waals surface area contributed by atoms with Crippen LogP contribution >= 0.6 is 24.0 Å². The normalized spacial score (nSPS) is 11.6. The Morgan fingerprint density at radius 1 is 1.21 bits per heavy atom. The standard InChI is InChI=1S/C16H17NS2/c1-11(18)10-16(17-3)19-15-9-8-13-6-4-5-7-14(13)12(15)2/h4-10,17H,1-3H3. The van der Waals surface area contributed by atoms with E-state index >= 15 is 0 Å². The van der Waals surface area contributed by atoms with Gasteiger partial charge in [-0.3, -0.25) is 0 Å². The van der Waals surface area contributed by atoms with Crippen LogP contribution in [0.1, 0.15) is 12.5 Å². The van der Waals surface area contributed by atoms with E-state index in [1.807, 2.05) is 20.0 Å². The van der Waals surface area contributed by atoms with Gasteiger partial charge in [0.2, 0.25) is 0 Å². The number of allylic oxidation sites excluding steroid dienone is 1. The SMILES string of the molecule is CNC(=CC(C)=S)Sc1ccc2ccccc2c1C. The van der Waals surface area contributed by atoms with Crippen LogP contribution in [0.5, 0.6) is 0 Å². The third-order valence-corrected chi connectivity index (χ3v) is 4.27. The van der Waals surface area contributed by atoms with Crippen molar-refractivity contribution in [1.29, 1.82) is 0 Å². The largest absolute Gasteiger partial charge is 0.383 e. The predicted molar refractivity (Wildman–Crippen MR) is 90.0 cm³/mol. The Balaban J connectivity index is 2.41. The number of rotatable bonds is 4. The molecule has 2 rings (SSSR count). The van der Waals surface area contributed by atoms with Crippen molar-refractivity contribution in [3.63, 3.8) is 0 Å². The van der Waals surface area contributed by atoms with Gasteiger partial charge in [-0.25, -0.2) is 0 Å². The highest BCUT2D eigenvalue weighted by atomic mass is 32.2. The van der Waals surface area contributed by atoms with E-state index < -0.39 is 0 Å². The zero-order chi connectivity index (χ0) is 13.8. The van der Waals surface area contributed by atoms with Gasteiger partial charge in [0, 0.05) is 16.8 Å². The Kier molecular flexibility index (Phi) is 4.61. The van der Waals surface area contributed by atoms with Crippen LogP contribution in [0.3, 0.4) is 0 Å². The van der Waals surface area contributed by atoms with Crippen LogP contribution in [-0.4, -0.2) is 11.9 Å². The fourth-order valence-electron chi connectivity index (χ4n) is 1.97. The lowest BCUT2D eigenvalue weighted by Gasteiger charge is -2.11. The maximum absolute atomic E-state index is 5.13. The van der Waals surface area contributed by atoms with Crippen LogP contribution in [0.4, 0.5) is 0 Å². The number of thioether (sulfide) groups is 1. The Labute approximate surface area is 124 Å². The van der Waals surface area contributed by atoms with Crippen LogP contribution in [-0.2, 0) is 0 Å². The van der Waals surface area contributed by atoms with Crippen LogP contribution in [0.15, 0.2) is 52.4 Å². The zero-order valence-electron chi connectivity index (χ0n) is 11.4. The summed E-state index contributed by atoms with van der Waals surface area (Å²) in [4.78, 5) is 2.14. The first-order chi connectivity index (χ1) is 9.11. The fraction of sp³-hybridized carbons (Fsp3) is 0.188. The summed E-state index contributed by atoms with van der Waals surface area (Å²) in [5.74, 6) is 0. The van der Waals surface area contributed by atoms with E-state index in [0.717, 1.165) is 9.89 Å². The summed E-state index contributed by atoms with van der Waals surface area (Å²) in [6.45, 7) is 4.10. The second kappa shape index (κ2) is 6.22. The molecule has 0 aliphatic heterocycles. The van der Waals surface area contributed by atoms with Gasteiger partial charge in [-0.05, 0) is 42.3 Å². The lowest BCUT2D eigenvalue weighted by molar-refractivity contribution is 1.08. The lowest BCUT2D eigenvalue weighted by atomic mass is 10.1. The first-order valence-electron chi connectivity index (χ1n) is 6.18. The van der Waals surface area contributed by atoms with Crippen LogP contribution in [0.2, 0.25) is 0 Å². The maximum atomic E-state index is 5.13. The van der Waals surface area contributed by atoms with Crippen molar-refractivity contribution in [3.8, 4) is 0 Å². The number of benzene rings is 2. The molecule has 0 fully saturated rings. The summed E-state index contributed by atoms with van der Waals surface area (Å²) in [5.41, 5.74) is 1.31. The topological polar surface area (TPSA) is 12.0 Å². The van der Waals surface area contributed by atoms with Crippen molar-refractivity contribution < 1.29 is 0 Å². The highest BCUT2D eigenvalue weighted by molar-refractivity contribution is 8.03. The maximum Gasteiger partial charge on any atom is 0.0738 e. The Morgan fingerprint density at radius 3 is 2.63 bits per heavy atom. The number of nitrogens with one attached hydrogen (secondary N) is 1. The molecule has 0 heterocycles. The number of aryl methyl sites for hydroxylation is 1. The minimum absolute atomic E-state index is 0.885. The summed E-state index contributed by atoms with van der Waals surface area (Å²) in [6.07, 6.45) is 1.99. The molecule has 1 nitrogen and oxygen atoms in total. The number of hydrogen-bond acceptors (Lipinski definition) is 3. The highest BCUT2D eigenvalue weighted by Gasteiger charge is 2.06. The van der Waals surface area contributed by atoms with Crippen LogP contribution in [0.25, 0.3) is 10.8 Å². The average Bonchev–Trinajstić information content (AvgIpc) is 2.40. The van der Waals surface area contributed by atoms with Crippen LogP contribution < -0.4 is 5.32 Å². The monoisotopic (exact) mass is 287 g/mol. The molecule has 0 saturated heterocycles. The molecular weight excluding hydrogens is 270 g/mol. The third kappa shape index (κ3) is 3.37. The molecule has 1 N–H and O–H groups in total. The molecule has 3 heteroatoms. The van der Waals surface area contributed by atoms with Crippen molar-refractivity contribution >= 4 is 39.6 Å². The van der Waals surface area contributed by atoms with Gasteiger partial charge >= 0.3 is 0 Å². The van der Waals surface area contributed by atoms with Crippen molar-refractivity contribution in [3.05, 3.63) is 53.1 Å². The number of thiocarbonyl (C=S) groups is 1. The Morgan fingerprint density at radius 2 is 1.95 bits per heavy atom. The molecule has 0 unspecified atom stereocenters. The quantitative estimate of drug-likeness (QED) is 0.498. The smallest absolute Gasteiger partial charge is 0.0738 e. The molecule has 0 amide bonds. The van der Waals surface area contributed by atoms with Gasteiger partial charge in [-0.15, -0.1) is 0 Å². The molecule has 19 heavy (non-hydrogen) atoms.